The minimum atomic E-state index is -0.459. The normalized spacial score (nSPS) is 10.3. The first-order valence-corrected chi connectivity index (χ1v) is 8.39. The number of esters is 1. The van der Waals surface area contributed by atoms with Crippen LogP contribution in [0.1, 0.15) is 10.4 Å². The molecule has 2 aromatic carbocycles. The molecule has 0 atom stereocenters. The van der Waals surface area contributed by atoms with E-state index < -0.39 is 5.97 Å². The largest absolute Gasteiger partial charge is 0.482 e. The molecule has 0 aliphatic heterocycles. The molecule has 8 heteroatoms. The maximum atomic E-state index is 12.0. The van der Waals surface area contributed by atoms with Gasteiger partial charge in [-0.25, -0.2) is 4.79 Å². The van der Waals surface area contributed by atoms with Gasteiger partial charge < -0.3 is 19.5 Å². The molecule has 0 fully saturated rings. The highest BCUT2D eigenvalue weighted by Crippen LogP contribution is 2.27. The van der Waals surface area contributed by atoms with Gasteiger partial charge in [-0.1, -0.05) is 23.2 Å². The minimum Gasteiger partial charge on any atom is -0.482 e. The number of ether oxygens (including phenoxy) is 3. The Hall–Kier alpha value is -2.28. The van der Waals surface area contributed by atoms with Crippen molar-refractivity contribution >= 4 is 40.8 Å². The van der Waals surface area contributed by atoms with Crippen molar-refractivity contribution in [2.75, 3.05) is 32.2 Å². The Bertz CT molecular complexity index is 765. The molecule has 2 aromatic rings. The predicted octanol–water partition coefficient (Wildman–Crippen LogP) is 3.81. The summed E-state index contributed by atoms with van der Waals surface area (Å²) in [6.07, 6.45) is 0. The van der Waals surface area contributed by atoms with Gasteiger partial charge in [-0.2, -0.15) is 0 Å². The first-order chi connectivity index (χ1) is 12.5. The number of hydrogen-bond acceptors (Lipinski definition) is 5. The highest BCUT2D eigenvalue weighted by molar-refractivity contribution is 6.34. The number of rotatable bonds is 8. The smallest absolute Gasteiger partial charge is 0.338 e. The molecule has 0 aliphatic rings. The van der Waals surface area contributed by atoms with Crippen molar-refractivity contribution < 1.29 is 23.8 Å². The van der Waals surface area contributed by atoms with Crippen LogP contribution in [0.15, 0.2) is 42.5 Å². The maximum absolute atomic E-state index is 12.0. The average molecular weight is 398 g/mol. The molecule has 0 aliphatic carbocycles. The van der Waals surface area contributed by atoms with Crippen molar-refractivity contribution in [1.82, 2.24) is 0 Å². The zero-order valence-electron chi connectivity index (χ0n) is 14.0. The van der Waals surface area contributed by atoms with E-state index in [4.69, 9.17) is 37.4 Å². The van der Waals surface area contributed by atoms with Gasteiger partial charge in [-0.15, -0.1) is 0 Å². The van der Waals surface area contributed by atoms with Crippen LogP contribution in [0.4, 0.5) is 5.69 Å². The Balaban J connectivity index is 1.85. The summed E-state index contributed by atoms with van der Waals surface area (Å²) in [5, 5.41) is 3.47. The van der Waals surface area contributed by atoms with Gasteiger partial charge in [0.1, 0.15) is 12.4 Å². The van der Waals surface area contributed by atoms with Crippen LogP contribution in [0.5, 0.6) is 5.75 Å². The molecule has 0 aromatic heterocycles. The van der Waals surface area contributed by atoms with Gasteiger partial charge in [-0.05, 0) is 36.4 Å². The summed E-state index contributed by atoms with van der Waals surface area (Å²) in [6.45, 7) is 0.272. The fourth-order valence-corrected chi connectivity index (χ4v) is 2.25. The zero-order chi connectivity index (χ0) is 18.9. The Labute approximate surface area is 160 Å². The van der Waals surface area contributed by atoms with Gasteiger partial charge in [0.25, 0.3) is 5.91 Å². The summed E-state index contributed by atoms with van der Waals surface area (Å²) >= 11 is 11.8. The van der Waals surface area contributed by atoms with Crippen LogP contribution in [0.2, 0.25) is 10.0 Å². The van der Waals surface area contributed by atoms with E-state index in [0.29, 0.717) is 33.7 Å². The molecule has 1 amide bonds. The van der Waals surface area contributed by atoms with Gasteiger partial charge in [0, 0.05) is 23.9 Å². The summed E-state index contributed by atoms with van der Waals surface area (Å²) < 4.78 is 15.2. The van der Waals surface area contributed by atoms with Crippen LogP contribution >= 0.6 is 23.2 Å². The van der Waals surface area contributed by atoms with Crippen LogP contribution in [0.3, 0.4) is 0 Å². The third kappa shape index (κ3) is 6.22. The molecule has 0 radical (unpaired) electrons. The summed E-state index contributed by atoms with van der Waals surface area (Å²) in [5.41, 5.74) is 0.894. The van der Waals surface area contributed by atoms with E-state index in [1.165, 1.54) is 13.2 Å². The molecule has 6 nitrogen and oxygen atoms in total. The fraction of sp³-hybridized carbons (Fsp3) is 0.222. The van der Waals surface area contributed by atoms with Crippen LogP contribution < -0.4 is 10.1 Å². The number of hydrogen-bond donors (Lipinski definition) is 1. The monoisotopic (exact) mass is 397 g/mol. The SMILES string of the molecule is COCCOC(=O)c1ccc(NC(=O)COc2cc(Cl)ccc2Cl)cc1. The van der Waals surface area contributed by atoms with Crippen LogP contribution in [0, 0.1) is 0 Å². The van der Waals surface area contributed by atoms with Crippen LogP contribution in [-0.4, -0.2) is 38.8 Å². The second-order valence-corrected chi connectivity index (χ2v) is 5.96. The molecular weight excluding hydrogens is 381 g/mol. The van der Waals surface area contributed by atoms with Crippen molar-refractivity contribution in [2.45, 2.75) is 0 Å². The molecule has 138 valence electrons. The number of anilines is 1. The van der Waals surface area contributed by atoms with Crippen molar-refractivity contribution in [3.8, 4) is 5.75 Å². The van der Waals surface area contributed by atoms with Gasteiger partial charge in [-0.3, -0.25) is 4.79 Å². The fourth-order valence-electron chi connectivity index (χ4n) is 1.92. The van der Waals surface area contributed by atoms with E-state index in [1.54, 1.807) is 36.4 Å². The van der Waals surface area contributed by atoms with E-state index in [0.717, 1.165) is 0 Å². The lowest BCUT2D eigenvalue weighted by Gasteiger charge is -2.09. The molecule has 0 unspecified atom stereocenters. The van der Waals surface area contributed by atoms with E-state index >= 15 is 0 Å². The molecule has 26 heavy (non-hydrogen) atoms. The Morgan fingerprint density at radius 1 is 1.04 bits per heavy atom. The van der Waals surface area contributed by atoms with Gasteiger partial charge in [0.2, 0.25) is 0 Å². The first-order valence-electron chi connectivity index (χ1n) is 7.63. The molecule has 1 N–H and O–H groups in total. The number of nitrogens with one attached hydrogen (secondary N) is 1. The number of methoxy groups -OCH3 is 1. The molecule has 0 saturated heterocycles. The second-order valence-electron chi connectivity index (χ2n) is 5.12. The van der Waals surface area contributed by atoms with Crippen molar-refractivity contribution in [1.29, 1.82) is 0 Å². The van der Waals surface area contributed by atoms with E-state index in [9.17, 15) is 9.59 Å². The van der Waals surface area contributed by atoms with Crippen LogP contribution in [-0.2, 0) is 14.3 Å². The lowest BCUT2D eigenvalue weighted by atomic mass is 10.2. The van der Waals surface area contributed by atoms with Crippen molar-refractivity contribution in [3.63, 3.8) is 0 Å². The van der Waals surface area contributed by atoms with E-state index in [2.05, 4.69) is 5.32 Å². The lowest BCUT2D eigenvalue weighted by molar-refractivity contribution is -0.118. The summed E-state index contributed by atoms with van der Waals surface area (Å²) in [5.74, 6) is -0.515. The standard InChI is InChI=1S/C18H17Cl2NO5/c1-24-8-9-25-18(23)12-2-5-14(6-3-12)21-17(22)11-26-16-10-13(19)4-7-15(16)20/h2-7,10H,8-9,11H2,1H3,(H,21,22). The Morgan fingerprint density at radius 3 is 2.46 bits per heavy atom. The van der Waals surface area contributed by atoms with Crippen molar-refractivity contribution in [3.05, 3.63) is 58.1 Å². The molecule has 0 bridgehead atoms. The number of benzene rings is 2. The van der Waals surface area contributed by atoms with Gasteiger partial charge >= 0.3 is 5.97 Å². The highest BCUT2D eigenvalue weighted by atomic mass is 35.5. The van der Waals surface area contributed by atoms with Gasteiger partial charge in [0.05, 0.1) is 17.2 Å². The van der Waals surface area contributed by atoms with Crippen LogP contribution in [0.25, 0.3) is 0 Å². The molecule has 0 saturated carbocycles. The van der Waals surface area contributed by atoms with E-state index in [1.807, 2.05) is 0 Å². The third-order valence-electron chi connectivity index (χ3n) is 3.18. The van der Waals surface area contributed by atoms with Crippen molar-refractivity contribution in [2.24, 2.45) is 0 Å². The number of amides is 1. The Morgan fingerprint density at radius 2 is 1.77 bits per heavy atom. The molecule has 0 heterocycles. The summed E-state index contributed by atoms with van der Waals surface area (Å²) in [6, 6.07) is 11.0. The summed E-state index contributed by atoms with van der Waals surface area (Å²) in [7, 11) is 1.52. The highest BCUT2D eigenvalue weighted by Gasteiger charge is 2.09. The third-order valence-corrected chi connectivity index (χ3v) is 3.72. The predicted molar refractivity (Wildman–Crippen MR) is 99.2 cm³/mol. The minimum absolute atomic E-state index is 0.178. The lowest BCUT2D eigenvalue weighted by Crippen LogP contribution is -2.20. The molecular formula is C18H17Cl2NO5. The zero-order valence-corrected chi connectivity index (χ0v) is 15.5. The van der Waals surface area contributed by atoms with E-state index in [-0.39, 0.29) is 19.1 Å². The number of halogens is 2. The quantitative estimate of drug-likeness (QED) is 0.541. The number of carbonyl (C=O) groups excluding carboxylic acids is 2. The maximum Gasteiger partial charge on any atom is 0.338 e. The first kappa shape index (κ1) is 20.0. The van der Waals surface area contributed by atoms with Gasteiger partial charge in [0.15, 0.2) is 6.61 Å². The topological polar surface area (TPSA) is 73.9 Å². The Kier molecular flexibility index (Phi) is 7.72. The second kappa shape index (κ2) is 10.0. The number of carbonyl (C=O) groups is 2. The summed E-state index contributed by atoms with van der Waals surface area (Å²) in [4.78, 5) is 23.7. The average Bonchev–Trinajstić information content (AvgIpc) is 2.63. The molecule has 0 spiro atoms. The molecule has 2 rings (SSSR count).